The average molecular weight is 435 g/mol. The lowest BCUT2D eigenvalue weighted by molar-refractivity contribution is -0.274. The molecule has 1 aromatic heterocycles. The summed E-state index contributed by atoms with van der Waals surface area (Å²) in [7, 11) is 0. The minimum absolute atomic E-state index is 0.0209. The Morgan fingerprint density at radius 1 is 0.935 bits per heavy atom. The largest absolute Gasteiger partial charge is 0.573 e. The molecule has 1 heterocycles. The summed E-state index contributed by atoms with van der Waals surface area (Å²) in [5.74, 6) is -0.314. The molecule has 0 aliphatic heterocycles. The predicted octanol–water partition coefficient (Wildman–Crippen LogP) is 5.37. The lowest BCUT2D eigenvalue weighted by atomic mass is 10.2. The zero-order chi connectivity index (χ0) is 22.3. The molecule has 0 saturated heterocycles. The molecule has 162 valence electrons. The number of hydrogen-bond acceptors (Lipinski definition) is 8. The molecule has 0 atom stereocenters. The van der Waals surface area contributed by atoms with Gasteiger partial charge in [-0.15, -0.1) is 18.3 Å². The highest BCUT2D eigenvalue weighted by molar-refractivity contribution is 5.56. The van der Waals surface area contributed by atoms with Crippen LogP contribution in [0.1, 0.15) is 12.5 Å². The number of ether oxygens (including phenoxy) is 1. The number of nitrogens with one attached hydrogen (secondary N) is 2. The first kappa shape index (κ1) is 21.9. The lowest BCUT2D eigenvalue weighted by Gasteiger charge is -2.10. The van der Waals surface area contributed by atoms with Crippen molar-refractivity contribution < 1.29 is 22.3 Å². The molecule has 0 bridgehead atoms. The van der Waals surface area contributed by atoms with E-state index in [2.05, 4.69) is 40.6 Å². The molecule has 0 radical (unpaired) electrons. The van der Waals surface area contributed by atoms with Crippen LogP contribution in [0.5, 0.6) is 5.75 Å². The number of hydrogen-bond donors (Lipinski definition) is 2. The summed E-state index contributed by atoms with van der Waals surface area (Å²) < 4.78 is 53.6. The molecule has 0 saturated carbocycles. The number of alkyl halides is 3. The van der Waals surface area contributed by atoms with E-state index in [1.54, 1.807) is 12.1 Å². The molecule has 0 spiro atoms. The zero-order valence-electron chi connectivity index (χ0n) is 16.2. The molecule has 3 rings (SSSR count). The Hall–Kier alpha value is -3.83. The van der Waals surface area contributed by atoms with E-state index < -0.39 is 6.36 Å². The van der Waals surface area contributed by atoms with Crippen LogP contribution in [0.2, 0.25) is 0 Å². The SMILES string of the molecule is CCNc1nc(N=NCc2ccc(F)cc2)nc(Nc2ccc(OC(F)(F)F)cc2)n1. The summed E-state index contributed by atoms with van der Waals surface area (Å²) in [5, 5.41) is 13.8. The summed E-state index contributed by atoms with van der Waals surface area (Å²) in [4.78, 5) is 12.4. The van der Waals surface area contributed by atoms with Crippen LogP contribution in [-0.2, 0) is 6.54 Å². The van der Waals surface area contributed by atoms with Gasteiger partial charge in [-0.3, -0.25) is 0 Å². The van der Waals surface area contributed by atoms with Gasteiger partial charge in [-0.25, -0.2) is 4.39 Å². The summed E-state index contributed by atoms with van der Waals surface area (Å²) in [6, 6.07) is 10.9. The third-order valence-corrected chi connectivity index (χ3v) is 3.63. The Morgan fingerprint density at radius 2 is 1.61 bits per heavy atom. The predicted molar refractivity (Wildman–Crippen MR) is 105 cm³/mol. The van der Waals surface area contributed by atoms with Crippen LogP contribution >= 0.6 is 0 Å². The second-order valence-electron chi connectivity index (χ2n) is 6.04. The normalized spacial score (nSPS) is 11.5. The smallest absolute Gasteiger partial charge is 0.406 e. The minimum Gasteiger partial charge on any atom is -0.406 e. The van der Waals surface area contributed by atoms with Gasteiger partial charge in [0.15, 0.2) is 0 Å². The van der Waals surface area contributed by atoms with E-state index >= 15 is 0 Å². The van der Waals surface area contributed by atoms with Crippen LogP contribution in [0, 0.1) is 5.82 Å². The van der Waals surface area contributed by atoms with Gasteiger partial charge >= 0.3 is 6.36 Å². The van der Waals surface area contributed by atoms with Crippen molar-refractivity contribution in [2.24, 2.45) is 10.2 Å². The number of nitrogens with zero attached hydrogens (tertiary/aromatic N) is 5. The number of rotatable bonds is 8. The van der Waals surface area contributed by atoms with Crippen molar-refractivity contribution in [3.63, 3.8) is 0 Å². The molecule has 0 unspecified atom stereocenters. The van der Waals surface area contributed by atoms with E-state index in [1.807, 2.05) is 6.92 Å². The Bertz CT molecular complexity index is 1020. The van der Waals surface area contributed by atoms with Crippen LogP contribution in [-0.4, -0.2) is 27.9 Å². The number of azo groups is 1. The molecule has 2 aromatic carbocycles. The van der Waals surface area contributed by atoms with Gasteiger partial charge in [0.25, 0.3) is 5.95 Å². The highest BCUT2D eigenvalue weighted by Crippen LogP contribution is 2.25. The number of benzene rings is 2. The third kappa shape index (κ3) is 7.17. The van der Waals surface area contributed by atoms with Crippen molar-refractivity contribution in [3.05, 3.63) is 59.9 Å². The van der Waals surface area contributed by atoms with Crippen LogP contribution < -0.4 is 15.4 Å². The second kappa shape index (κ2) is 9.78. The molecule has 12 heteroatoms. The zero-order valence-corrected chi connectivity index (χ0v) is 16.2. The van der Waals surface area contributed by atoms with Gasteiger partial charge in [-0.05, 0) is 48.9 Å². The Labute approximate surface area is 174 Å². The van der Waals surface area contributed by atoms with Crippen molar-refractivity contribution in [3.8, 4) is 5.75 Å². The van der Waals surface area contributed by atoms with Crippen LogP contribution in [0.4, 0.5) is 41.1 Å². The van der Waals surface area contributed by atoms with Gasteiger partial charge in [0.05, 0.1) is 6.54 Å². The second-order valence-corrected chi connectivity index (χ2v) is 6.04. The molecule has 0 amide bonds. The molecule has 3 aromatic rings. The first-order valence-corrected chi connectivity index (χ1v) is 9.05. The molecular formula is C19H17F4N7O. The fourth-order valence-electron chi connectivity index (χ4n) is 2.34. The van der Waals surface area contributed by atoms with Gasteiger partial charge in [0, 0.05) is 12.2 Å². The third-order valence-electron chi connectivity index (χ3n) is 3.63. The Balaban J connectivity index is 1.73. The van der Waals surface area contributed by atoms with Crippen molar-refractivity contribution in [2.45, 2.75) is 19.8 Å². The molecule has 0 fully saturated rings. The Kier molecular flexibility index (Phi) is 6.90. The Morgan fingerprint density at radius 3 is 2.26 bits per heavy atom. The van der Waals surface area contributed by atoms with Crippen molar-refractivity contribution in [1.29, 1.82) is 0 Å². The fourth-order valence-corrected chi connectivity index (χ4v) is 2.34. The number of halogens is 4. The van der Waals surface area contributed by atoms with Gasteiger partial charge in [0.2, 0.25) is 11.9 Å². The topological polar surface area (TPSA) is 96.7 Å². The summed E-state index contributed by atoms with van der Waals surface area (Å²) >= 11 is 0. The van der Waals surface area contributed by atoms with Gasteiger partial charge < -0.3 is 15.4 Å². The van der Waals surface area contributed by atoms with Crippen LogP contribution in [0.15, 0.2) is 58.8 Å². The highest BCUT2D eigenvalue weighted by atomic mass is 19.4. The molecule has 31 heavy (non-hydrogen) atoms. The summed E-state index contributed by atoms with van der Waals surface area (Å²) in [6.07, 6.45) is -4.77. The lowest BCUT2D eigenvalue weighted by Crippen LogP contribution is -2.17. The fraction of sp³-hybridized carbons (Fsp3) is 0.211. The number of anilines is 3. The first-order chi connectivity index (χ1) is 14.8. The monoisotopic (exact) mass is 435 g/mol. The molecule has 0 aliphatic carbocycles. The minimum atomic E-state index is -4.77. The van der Waals surface area contributed by atoms with E-state index in [0.29, 0.717) is 12.2 Å². The van der Waals surface area contributed by atoms with Crippen LogP contribution in [0.25, 0.3) is 0 Å². The van der Waals surface area contributed by atoms with Gasteiger partial charge in [-0.1, -0.05) is 12.1 Å². The highest BCUT2D eigenvalue weighted by Gasteiger charge is 2.30. The molecular weight excluding hydrogens is 418 g/mol. The van der Waals surface area contributed by atoms with Gasteiger partial charge in [-0.2, -0.15) is 20.1 Å². The summed E-state index contributed by atoms with van der Waals surface area (Å²) in [6.45, 7) is 2.59. The maximum atomic E-state index is 13.0. The van der Waals surface area contributed by atoms with E-state index in [4.69, 9.17) is 0 Å². The van der Waals surface area contributed by atoms with E-state index in [0.717, 1.165) is 17.7 Å². The van der Waals surface area contributed by atoms with E-state index in [-0.39, 0.29) is 36.0 Å². The molecule has 8 nitrogen and oxygen atoms in total. The van der Waals surface area contributed by atoms with Gasteiger partial charge in [0.1, 0.15) is 11.6 Å². The maximum Gasteiger partial charge on any atom is 0.573 e. The van der Waals surface area contributed by atoms with Crippen molar-refractivity contribution in [1.82, 2.24) is 15.0 Å². The van der Waals surface area contributed by atoms with Crippen molar-refractivity contribution >= 4 is 23.5 Å². The first-order valence-electron chi connectivity index (χ1n) is 9.05. The maximum absolute atomic E-state index is 13.0. The van der Waals surface area contributed by atoms with Crippen molar-refractivity contribution in [2.75, 3.05) is 17.2 Å². The summed E-state index contributed by atoms with van der Waals surface area (Å²) in [5.41, 5.74) is 1.18. The van der Waals surface area contributed by atoms with E-state index in [9.17, 15) is 17.6 Å². The van der Waals surface area contributed by atoms with E-state index in [1.165, 1.54) is 24.3 Å². The molecule has 0 aliphatic rings. The number of aromatic nitrogens is 3. The van der Waals surface area contributed by atoms with Crippen LogP contribution in [0.3, 0.4) is 0 Å². The standard InChI is InChI=1S/C19H17F4N7O/c1-2-24-16-27-17(26-14-7-9-15(10-8-14)31-19(21,22)23)29-18(28-16)30-25-11-12-3-5-13(20)6-4-12/h3-10H,2,11H2,1H3,(H2,24,26,27,28,29). The molecule has 2 N–H and O–H groups in total. The average Bonchev–Trinajstić information content (AvgIpc) is 2.70. The quantitative estimate of drug-likeness (QED) is 0.365.